The van der Waals surface area contributed by atoms with Crippen LogP contribution >= 0.6 is 0 Å². The van der Waals surface area contributed by atoms with Crippen LogP contribution in [0.25, 0.3) is 11.5 Å². The normalized spacial score (nSPS) is 17.9. The second kappa shape index (κ2) is 7.37. The molecule has 0 bridgehead atoms. The molecule has 0 saturated carbocycles. The van der Waals surface area contributed by atoms with Crippen molar-refractivity contribution in [2.45, 2.75) is 33.4 Å². The average Bonchev–Trinajstić information content (AvgIpc) is 2.99. The molecule has 7 heteroatoms. The second-order valence-corrected chi connectivity index (χ2v) is 6.43. The van der Waals surface area contributed by atoms with Crippen molar-refractivity contribution in [2.75, 3.05) is 27.3 Å². The molecule has 2 heterocycles. The van der Waals surface area contributed by atoms with Crippen molar-refractivity contribution < 1.29 is 18.7 Å². The molecule has 1 saturated heterocycles. The molecule has 1 aromatic carbocycles. The Bertz CT molecular complexity index is 815. The highest BCUT2D eigenvalue weighted by Crippen LogP contribution is 2.38. The predicted octanol–water partition coefficient (Wildman–Crippen LogP) is 2.30. The topological polar surface area (TPSA) is 76.8 Å². The lowest BCUT2D eigenvalue weighted by atomic mass is 10.1. The van der Waals surface area contributed by atoms with Crippen LogP contribution in [-0.4, -0.2) is 49.1 Å². The summed E-state index contributed by atoms with van der Waals surface area (Å²) in [5.74, 6) is 2.73. The molecule has 26 heavy (non-hydrogen) atoms. The van der Waals surface area contributed by atoms with E-state index in [1.54, 1.807) is 14.2 Å². The molecule has 0 spiro atoms. The van der Waals surface area contributed by atoms with Gasteiger partial charge in [0.15, 0.2) is 0 Å². The first-order valence-corrected chi connectivity index (χ1v) is 8.66. The summed E-state index contributed by atoms with van der Waals surface area (Å²) in [4.78, 5) is 18.6. The molecule has 1 aliphatic heterocycles. The fraction of sp³-hybridized carbons (Fsp3) is 0.474. The van der Waals surface area contributed by atoms with E-state index in [-0.39, 0.29) is 11.9 Å². The minimum Gasteiger partial charge on any atom is -0.496 e. The molecule has 0 radical (unpaired) electrons. The van der Waals surface area contributed by atoms with Gasteiger partial charge in [0, 0.05) is 25.2 Å². The molecule has 7 nitrogen and oxygen atoms in total. The molecule has 140 valence electrons. The number of nitrogens with one attached hydrogen (secondary N) is 1. The first-order chi connectivity index (χ1) is 12.5. The smallest absolute Gasteiger partial charge is 0.237 e. The van der Waals surface area contributed by atoms with Crippen LogP contribution in [0.5, 0.6) is 11.5 Å². The first-order valence-electron chi connectivity index (χ1n) is 8.66. The quantitative estimate of drug-likeness (QED) is 0.883. The van der Waals surface area contributed by atoms with Crippen LogP contribution in [-0.2, 0) is 11.3 Å². The van der Waals surface area contributed by atoms with Crippen molar-refractivity contribution >= 4 is 5.91 Å². The van der Waals surface area contributed by atoms with E-state index in [1.165, 1.54) is 0 Å². The Morgan fingerprint density at radius 2 is 2.08 bits per heavy atom. The lowest BCUT2D eigenvalue weighted by molar-refractivity contribution is -0.128. The number of nitrogens with zero attached hydrogens (tertiary/aromatic N) is 2. The fourth-order valence-corrected chi connectivity index (χ4v) is 3.25. The summed E-state index contributed by atoms with van der Waals surface area (Å²) in [5.41, 5.74) is 2.51. The number of piperazine rings is 1. The Morgan fingerprint density at radius 3 is 2.77 bits per heavy atom. The molecule has 1 aromatic heterocycles. The molecule has 1 atom stereocenters. The van der Waals surface area contributed by atoms with Crippen LogP contribution in [0.2, 0.25) is 0 Å². The Hall–Kier alpha value is -2.54. The van der Waals surface area contributed by atoms with Crippen LogP contribution in [0.4, 0.5) is 0 Å². The summed E-state index contributed by atoms with van der Waals surface area (Å²) >= 11 is 0. The molecular weight excluding hydrogens is 334 g/mol. The summed E-state index contributed by atoms with van der Waals surface area (Å²) in [6, 6.07) is 3.58. The van der Waals surface area contributed by atoms with E-state index in [0.717, 1.165) is 34.9 Å². The lowest BCUT2D eigenvalue weighted by Gasteiger charge is -2.32. The predicted molar refractivity (Wildman–Crippen MR) is 97.4 cm³/mol. The number of rotatable bonds is 5. The maximum absolute atomic E-state index is 11.9. The third kappa shape index (κ3) is 3.26. The lowest BCUT2D eigenvalue weighted by Crippen LogP contribution is -2.53. The van der Waals surface area contributed by atoms with Gasteiger partial charge in [-0.1, -0.05) is 0 Å². The summed E-state index contributed by atoms with van der Waals surface area (Å²) < 4.78 is 16.8. The summed E-state index contributed by atoms with van der Waals surface area (Å²) in [6.07, 6.45) is 0. The van der Waals surface area contributed by atoms with Crippen molar-refractivity contribution in [3.05, 3.63) is 29.2 Å². The zero-order chi connectivity index (χ0) is 18.8. The van der Waals surface area contributed by atoms with E-state index >= 15 is 0 Å². The van der Waals surface area contributed by atoms with Crippen molar-refractivity contribution in [2.24, 2.45) is 0 Å². The van der Waals surface area contributed by atoms with Crippen LogP contribution in [0.15, 0.2) is 16.5 Å². The van der Waals surface area contributed by atoms with E-state index < -0.39 is 0 Å². The number of ether oxygens (including phenoxy) is 2. The molecule has 1 unspecified atom stereocenters. The number of aromatic nitrogens is 1. The molecule has 1 amide bonds. The monoisotopic (exact) mass is 359 g/mol. The van der Waals surface area contributed by atoms with E-state index in [0.29, 0.717) is 24.7 Å². The van der Waals surface area contributed by atoms with Crippen molar-refractivity contribution in [3.63, 3.8) is 0 Å². The number of carbonyl (C=O) groups excluding carboxylic acids is 1. The fourth-order valence-electron chi connectivity index (χ4n) is 3.25. The van der Waals surface area contributed by atoms with Crippen molar-refractivity contribution in [1.82, 2.24) is 15.2 Å². The van der Waals surface area contributed by atoms with Gasteiger partial charge in [0.25, 0.3) is 0 Å². The molecular formula is C19H25N3O4. The second-order valence-electron chi connectivity index (χ2n) is 6.43. The molecule has 2 aromatic rings. The minimum absolute atomic E-state index is 0.0464. The summed E-state index contributed by atoms with van der Waals surface area (Å²) in [7, 11) is 3.25. The number of amides is 1. The maximum Gasteiger partial charge on any atom is 0.237 e. The van der Waals surface area contributed by atoms with Gasteiger partial charge in [-0.2, -0.15) is 0 Å². The molecule has 0 aliphatic carbocycles. The van der Waals surface area contributed by atoms with Gasteiger partial charge in [-0.25, -0.2) is 4.98 Å². The third-order valence-corrected chi connectivity index (χ3v) is 4.88. The van der Waals surface area contributed by atoms with Gasteiger partial charge in [0.1, 0.15) is 17.3 Å². The highest BCUT2D eigenvalue weighted by Gasteiger charge is 2.27. The van der Waals surface area contributed by atoms with E-state index in [9.17, 15) is 4.79 Å². The number of methoxy groups -OCH3 is 2. The standard InChI is InChI=1S/C19H25N3O4/c1-11-16(24-4)7-6-14(17(11)25-5)19-21-15(13(3)26-19)10-22-9-8-20-18(23)12(22)2/h6-7,12H,8-10H2,1-5H3,(H,20,23). The van der Waals surface area contributed by atoms with E-state index in [1.807, 2.05) is 32.9 Å². The number of benzene rings is 1. The Kier molecular flexibility index (Phi) is 5.18. The molecule has 1 fully saturated rings. The molecule has 1 aliphatic rings. The Morgan fingerprint density at radius 1 is 1.31 bits per heavy atom. The number of aryl methyl sites for hydroxylation is 1. The van der Waals surface area contributed by atoms with E-state index in [2.05, 4.69) is 15.2 Å². The summed E-state index contributed by atoms with van der Waals surface area (Å²) in [5, 5.41) is 2.87. The van der Waals surface area contributed by atoms with Gasteiger partial charge >= 0.3 is 0 Å². The van der Waals surface area contributed by atoms with Gasteiger partial charge in [0.05, 0.1) is 31.5 Å². The number of carbonyl (C=O) groups is 1. The van der Waals surface area contributed by atoms with Crippen molar-refractivity contribution in [3.8, 4) is 23.0 Å². The van der Waals surface area contributed by atoms with Crippen LogP contribution in [0.3, 0.4) is 0 Å². The zero-order valence-electron chi connectivity index (χ0n) is 15.9. The van der Waals surface area contributed by atoms with Crippen LogP contribution in [0.1, 0.15) is 23.9 Å². The number of hydrogen-bond acceptors (Lipinski definition) is 6. The van der Waals surface area contributed by atoms with E-state index in [4.69, 9.17) is 13.9 Å². The number of hydrogen-bond donors (Lipinski definition) is 1. The van der Waals surface area contributed by atoms with Gasteiger partial charge in [0.2, 0.25) is 11.8 Å². The van der Waals surface area contributed by atoms with Gasteiger partial charge in [-0.15, -0.1) is 0 Å². The average molecular weight is 359 g/mol. The third-order valence-electron chi connectivity index (χ3n) is 4.88. The highest BCUT2D eigenvalue weighted by atomic mass is 16.5. The maximum atomic E-state index is 11.9. The van der Waals surface area contributed by atoms with Gasteiger partial charge in [-0.05, 0) is 32.9 Å². The Labute approximate surface area is 153 Å². The van der Waals surface area contributed by atoms with Crippen molar-refractivity contribution in [1.29, 1.82) is 0 Å². The summed E-state index contributed by atoms with van der Waals surface area (Å²) in [6.45, 7) is 7.75. The van der Waals surface area contributed by atoms with Gasteiger partial charge < -0.3 is 19.2 Å². The van der Waals surface area contributed by atoms with Crippen LogP contribution < -0.4 is 14.8 Å². The first kappa shape index (κ1) is 18.3. The van der Waals surface area contributed by atoms with Gasteiger partial charge in [-0.3, -0.25) is 9.69 Å². The highest BCUT2D eigenvalue weighted by molar-refractivity contribution is 5.82. The van der Waals surface area contributed by atoms with Crippen LogP contribution in [0, 0.1) is 13.8 Å². The minimum atomic E-state index is -0.180. The SMILES string of the molecule is COc1ccc(-c2nc(CN3CCNC(=O)C3C)c(C)o2)c(OC)c1C. The zero-order valence-corrected chi connectivity index (χ0v) is 15.9. The molecule has 1 N–H and O–H groups in total. The number of oxazole rings is 1. The largest absolute Gasteiger partial charge is 0.496 e. The Balaban J connectivity index is 1.91. The molecule has 3 rings (SSSR count).